The second kappa shape index (κ2) is 4.37. The van der Waals surface area contributed by atoms with Gasteiger partial charge >= 0.3 is 0 Å². The molecule has 0 radical (unpaired) electrons. The molecule has 2 amide bonds. The molecule has 2 aliphatic rings. The molecule has 100 valence electrons. The van der Waals surface area contributed by atoms with E-state index < -0.39 is 0 Å². The molecule has 2 fully saturated rings. The summed E-state index contributed by atoms with van der Waals surface area (Å²) in [5.41, 5.74) is 1.90. The number of carbonyl (C=O) groups is 2. The SMILES string of the molecule is CC(=O)Nc1ccc(NC(=O)[C@@H]2CC23CCC3)cc1. The molecule has 0 aromatic heterocycles. The number of anilines is 2. The van der Waals surface area contributed by atoms with Crippen LogP contribution in [0.2, 0.25) is 0 Å². The Balaban J connectivity index is 1.58. The Morgan fingerprint density at radius 3 is 2.11 bits per heavy atom. The first-order valence-corrected chi connectivity index (χ1v) is 6.78. The Labute approximate surface area is 112 Å². The lowest BCUT2D eigenvalue weighted by Gasteiger charge is -2.26. The van der Waals surface area contributed by atoms with Gasteiger partial charge in [0, 0.05) is 24.2 Å². The summed E-state index contributed by atoms with van der Waals surface area (Å²) in [7, 11) is 0. The molecule has 0 bridgehead atoms. The van der Waals surface area contributed by atoms with E-state index in [1.165, 1.54) is 26.2 Å². The van der Waals surface area contributed by atoms with Crippen LogP contribution in [0.15, 0.2) is 24.3 Å². The van der Waals surface area contributed by atoms with Gasteiger partial charge in [-0.15, -0.1) is 0 Å². The van der Waals surface area contributed by atoms with Crippen molar-refractivity contribution in [1.29, 1.82) is 0 Å². The van der Waals surface area contributed by atoms with Crippen molar-refractivity contribution < 1.29 is 9.59 Å². The first-order valence-electron chi connectivity index (χ1n) is 6.78. The van der Waals surface area contributed by atoms with Crippen LogP contribution in [0.3, 0.4) is 0 Å². The maximum atomic E-state index is 12.1. The summed E-state index contributed by atoms with van der Waals surface area (Å²) in [6.45, 7) is 1.47. The average Bonchev–Trinajstić information content (AvgIpc) is 3.06. The Hall–Kier alpha value is -1.84. The van der Waals surface area contributed by atoms with Crippen LogP contribution in [0, 0.1) is 11.3 Å². The first-order chi connectivity index (χ1) is 9.09. The normalized spacial score (nSPS) is 22.5. The van der Waals surface area contributed by atoms with E-state index in [-0.39, 0.29) is 17.7 Å². The molecule has 1 spiro atoms. The Bertz CT molecular complexity index is 517. The monoisotopic (exact) mass is 258 g/mol. The van der Waals surface area contributed by atoms with Gasteiger partial charge in [0.1, 0.15) is 0 Å². The molecule has 2 saturated carbocycles. The minimum Gasteiger partial charge on any atom is -0.326 e. The van der Waals surface area contributed by atoms with Gasteiger partial charge in [-0.2, -0.15) is 0 Å². The topological polar surface area (TPSA) is 58.2 Å². The molecule has 2 N–H and O–H groups in total. The highest BCUT2D eigenvalue weighted by molar-refractivity contribution is 5.95. The van der Waals surface area contributed by atoms with E-state index in [2.05, 4.69) is 10.6 Å². The third-order valence-corrected chi connectivity index (χ3v) is 4.33. The molecule has 19 heavy (non-hydrogen) atoms. The lowest BCUT2D eigenvalue weighted by Crippen LogP contribution is -2.23. The van der Waals surface area contributed by atoms with E-state index in [0.29, 0.717) is 5.41 Å². The number of hydrogen-bond acceptors (Lipinski definition) is 2. The maximum Gasteiger partial charge on any atom is 0.228 e. The summed E-state index contributed by atoms with van der Waals surface area (Å²) in [6.07, 6.45) is 4.76. The van der Waals surface area contributed by atoms with Crippen LogP contribution >= 0.6 is 0 Å². The molecule has 2 aliphatic carbocycles. The average molecular weight is 258 g/mol. The third kappa shape index (κ3) is 2.35. The van der Waals surface area contributed by atoms with Crippen molar-refractivity contribution in [3.63, 3.8) is 0 Å². The highest BCUT2D eigenvalue weighted by atomic mass is 16.2. The van der Waals surface area contributed by atoms with E-state index >= 15 is 0 Å². The van der Waals surface area contributed by atoms with Gasteiger partial charge in [0.25, 0.3) is 0 Å². The smallest absolute Gasteiger partial charge is 0.228 e. The van der Waals surface area contributed by atoms with Crippen molar-refractivity contribution in [3.05, 3.63) is 24.3 Å². The first kappa shape index (κ1) is 12.2. The molecule has 1 atom stereocenters. The molecular weight excluding hydrogens is 240 g/mol. The molecular formula is C15H18N2O2. The standard InChI is InChI=1S/C15H18N2O2/c1-10(18)16-11-3-5-12(6-4-11)17-14(19)13-9-15(13)7-2-8-15/h3-6,13H,2,7-9H2,1H3,(H,16,18)(H,17,19)/t13-/m0/s1. The second-order valence-electron chi connectivity index (χ2n) is 5.72. The fraction of sp³-hybridized carbons (Fsp3) is 0.467. The van der Waals surface area contributed by atoms with Crippen molar-refractivity contribution in [2.45, 2.75) is 32.6 Å². The summed E-state index contributed by atoms with van der Waals surface area (Å²) >= 11 is 0. The van der Waals surface area contributed by atoms with Gasteiger partial charge in [0.2, 0.25) is 11.8 Å². The van der Waals surface area contributed by atoms with Crippen molar-refractivity contribution in [2.24, 2.45) is 11.3 Å². The summed E-state index contributed by atoms with van der Waals surface area (Å²) in [6, 6.07) is 7.23. The molecule has 4 nitrogen and oxygen atoms in total. The van der Waals surface area contributed by atoms with Crippen molar-refractivity contribution >= 4 is 23.2 Å². The zero-order chi connectivity index (χ0) is 13.5. The van der Waals surface area contributed by atoms with Crippen LogP contribution in [0.25, 0.3) is 0 Å². The van der Waals surface area contributed by atoms with Gasteiger partial charge in [-0.3, -0.25) is 9.59 Å². The van der Waals surface area contributed by atoms with Crippen LogP contribution < -0.4 is 10.6 Å². The predicted octanol–water partition coefficient (Wildman–Crippen LogP) is 2.77. The minimum absolute atomic E-state index is 0.0957. The fourth-order valence-corrected chi connectivity index (χ4v) is 2.97. The van der Waals surface area contributed by atoms with E-state index in [4.69, 9.17) is 0 Å². The highest BCUT2D eigenvalue weighted by Gasteiger charge is 2.60. The largest absolute Gasteiger partial charge is 0.326 e. The third-order valence-electron chi connectivity index (χ3n) is 4.33. The van der Waals surface area contributed by atoms with E-state index in [1.807, 2.05) is 12.1 Å². The summed E-state index contributed by atoms with van der Waals surface area (Å²) in [5.74, 6) is 0.268. The van der Waals surface area contributed by atoms with E-state index in [1.54, 1.807) is 12.1 Å². The second-order valence-corrected chi connectivity index (χ2v) is 5.72. The molecule has 0 unspecified atom stereocenters. The van der Waals surface area contributed by atoms with Crippen molar-refractivity contribution in [3.8, 4) is 0 Å². The number of benzene rings is 1. The van der Waals surface area contributed by atoms with Crippen molar-refractivity contribution in [1.82, 2.24) is 0 Å². The minimum atomic E-state index is -0.0957. The Morgan fingerprint density at radius 2 is 1.68 bits per heavy atom. The zero-order valence-corrected chi connectivity index (χ0v) is 11.0. The summed E-state index contributed by atoms with van der Waals surface area (Å²) in [5, 5.41) is 5.66. The summed E-state index contributed by atoms with van der Waals surface area (Å²) < 4.78 is 0. The van der Waals surface area contributed by atoms with Gasteiger partial charge in [-0.1, -0.05) is 6.42 Å². The van der Waals surface area contributed by atoms with Gasteiger partial charge in [0.05, 0.1) is 0 Å². The predicted molar refractivity (Wildman–Crippen MR) is 73.8 cm³/mol. The number of rotatable bonds is 3. The van der Waals surface area contributed by atoms with Gasteiger partial charge in [-0.25, -0.2) is 0 Å². The van der Waals surface area contributed by atoms with Crippen LogP contribution in [0.5, 0.6) is 0 Å². The molecule has 0 saturated heterocycles. The molecule has 4 heteroatoms. The van der Waals surface area contributed by atoms with E-state index in [9.17, 15) is 9.59 Å². The highest BCUT2D eigenvalue weighted by Crippen LogP contribution is 2.65. The molecule has 0 aliphatic heterocycles. The lowest BCUT2D eigenvalue weighted by atomic mass is 9.79. The number of carbonyl (C=O) groups excluding carboxylic acids is 2. The Kier molecular flexibility index (Phi) is 2.81. The molecule has 0 heterocycles. The van der Waals surface area contributed by atoms with Gasteiger partial charge < -0.3 is 10.6 Å². The quantitative estimate of drug-likeness (QED) is 0.875. The lowest BCUT2D eigenvalue weighted by molar-refractivity contribution is -0.118. The number of nitrogens with one attached hydrogen (secondary N) is 2. The number of amides is 2. The molecule has 1 aromatic carbocycles. The van der Waals surface area contributed by atoms with Crippen molar-refractivity contribution in [2.75, 3.05) is 10.6 Å². The summed E-state index contributed by atoms with van der Waals surface area (Å²) in [4.78, 5) is 23.0. The zero-order valence-electron chi connectivity index (χ0n) is 11.0. The van der Waals surface area contributed by atoms with Gasteiger partial charge in [0.15, 0.2) is 0 Å². The number of hydrogen-bond donors (Lipinski definition) is 2. The Morgan fingerprint density at radius 1 is 1.11 bits per heavy atom. The maximum absolute atomic E-state index is 12.1. The fourth-order valence-electron chi connectivity index (χ4n) is 2.97. The van der Waals surface area contributed by atoms with Crippen LogP contribution in [0.4, 0.5) is 11.4 Å². The van der Waals surface area contributed by atoms with Crippen LogP contribution in [-0.4, -0.2) is 11.8 Å². The molecule has 3 rings (SSSR count). The van der Waals surface area contributed by atoms with E-state index in [0.717, 1.165) is 17.8 Å². The van der Waals surface area contributed by atoms with Gasteiger partial charge in [-0.05, 0) is 48.9 Å². The van der Waals surface area contributed by atoms with Crippen LogP contribution in [-0.2, 0) is 9.59 Å². The molecule has 1 aromatic rings. The van der Waals surface area contributed by atoms with Crippen LogP contribution in [0.1, 0.15) is 32.6 Å².